The summed E-state index contributed by atoms with van der Waals surface area (Å²) in [5, 5.41) is 4.05. The van der Waals surface area contributed by atoms with Crippen molar-refractivity contribution >= 4 is 16.9 Å². The van der Waals surface area contributed by atoms with E-state index < -0.39 is 0 Å². The number of methoxy groups -OCH3 is 1. The summed E-state index contributed by atoms with van der Waals surface area (Å²) in [6.45, 7) is 0. The van der Waals surface area contributed by atoms with Crippen LogP contribution in [0.5, 0.6) is 5.75 Å². The second-order valence-corrected chi connectivity index (χ2v) is 6.24. The SMILES string of the molecule is COc1cccc2cc(C(=O)N[C@@H]3C[C@@H]4CC[C@@H]3C4)oc12. The van der Waals surface area contributed by atoms with E-state index in [1.807, 2.05) is 18.2 Å². The molecule has 1 N–H and O–H groups in total. The number of fused-ring (bicyclic) bond motifs is 3. The Morgan fingerprint density at radius 1 is 1.33 bits per heavy atom. The van der Waals surface area contributed by atoms with Gasteiger partial charge in [-0.1, -0.05) is 18.6 Å². The lowest BCUT2D eigenvalue weighted by atomic mass is 9.95. The average Bonchev–Trinajstić information content (AvgIpc) is 3.20. The van der Waals surface area contributed by atoms with Crippen molar-refractivity contribution in [1.29, 1.82) is 0 Å². The summed E-state index contributed by atoms with van der Waals surface area (Å²) in [6.07, 6.45) is 4.99. The van der Waals surface area contributed by atoms with Crippen LogP contribution in [0.15, 0.2) is 28.7 Å². The molecule has 2 saturated carbocycles. The van der Waals surface area contributed by atoms with E-state index in [0.717, 1.165) is 17.7 Å². The third-order valence-corrected chi connectivity index (χ3v) is 5.01. The second kappa shape index (κ2) is 4.79. The predicted molar refractivity (Wildman–Crippen MR) is 79.5 cm³/mol. The molecule has 110 valence electrons. The summed E-state index contributed by atoms with van der Waals surface area (Å²) >= 11 is 0. The first-order valence-corrected chi connectivity index (χ1v) is 7.62. The molecule has 4 rings (SSSR count). The largest absolute Gasteiger partial charge is 0.493 e. The van der Waals surface area contributed by atoms with Crippen LogP contribution in [-0.2, 0) is 0 Å². The van der Waals surface area contributed by atoms with Crippen LogP contribution in [0.25, 0.3) is 11.0 Å². The van der Waals surface area contributed by atoms with Crippen LogP contribution in [0.3, 0.4) is 0 Å². The van der Waals surface area contributed by atoms with E-state index in [0.29, 0.717) is 29.1 Å². The zero-order chi connectivity index (χ0) is 14.4. The Labute approximate surface area is 123 Å². The van der Waals surface area contributed by atoms with E-state index >= 15 is 0 Å². The number of amides is 1. The van der Waals surface area contributed by atoms with Crippen LogP contribution >= 0.6 is 0 Å². The minimum Gasteiger partial charge on any atom is -0.493 e. The molecule has 2 fully saturated rings. The van der Waals surface area contributed by atoms with Crippen LogP contribution in [0.1, 0.15) is 36.2 Å². The highest BCUT2D eigenvalue weighted by molar-refractivity contribution is 5.97. The molecule has 4 heteroatoms. The zero-order valence-corrected chi connectivity index (χ0v) is 12.1. The molecule has 1 aromatic heterocycles. The van der Waals surface area contributed by atoms with Crippen LogP contribution in [-0.4, -0.2) is 19.1 Å². The number of nitrogens with one attached hydrogen (secondary N) is 1. The number of hydrogen-bond acceptors (Lipinski definition) is 3. The van der Waals surface area contributed by atoms with Gasteiger partial charge in [-0.3, -0.25) is 4.79 Å². The average molecular weight is 285 g/mol. The Bertz CT molecular complexity index is 690. The quantitative estimate of drug-likeness (QED) is 0.940. The molecule has 4 nitrogen and oxygen atoms in total. The van der Waals surface area contributed by atoms with Crippen molar-refractivity contribution in [3.63, 3.8) is 0 Å². The van der Waals surface area contributed by atoms with Gasteiger partial charge < -0.3 is 14.5 Å². The van der Waals surface area contributed by atoms with Crippen LogP contribution in [0.2, 0.25) is 0 Å². The molecule has 2 bridgehead atoms. The summed E-state index contributed by atoms with van der Waals surface area (Å²) in [5.41, 5.74) is 0.637. The number of rotatable bonds is 3. The van der Waals surface area contributed by atoms with E-state index in [1.54, 1.807) is 13.2 Å². The molecule has 1 amide bonds. The van der Waals surface area contributed by atoms with E-state index in [9.17, 15) is 4.79 Å². The monoisotopic (exact) mass is 285 g/mol. The van der Waals surface area contributed by atoms with Crippen LogP contribution < -0.4 is 10.1 Å². The molecule has 1 aromatic carbocycles. The summed E-state index contributed by atoms with van der Waals surface area (Å²) in [5.74, 6) is 2.41. The van der Waals surface area contributed by atoms with Crippen molar-refractivity contribution in [1.82, 2.24) is 5.32 Å². The fourth-order valence-electron chi connectivity index (χ4n) is 3.97. The molecule has 0 unspecified atom stereocenters. The molecular formula is C17H19NO3. The fraction of sp³-hybridized carbons (Fsp3) is 0.471. The van der Waals surface area contributed by atoms with Crippen molar-refractivity contribution in [2.45, 2.75) is 31.7 Å². The van der Waals surface area contributed by atoms with E-state index in [2.05, 4.69) is 5.32 Å². The number of para-hydroxylation sites is 1. The smallest absolute Gasteiger partial charge is 0.287 e. The molecule has 0 saturated heterocycles. The van der Waals surface area contributed by atoms with Crippen molar-refractivity contribution in [2.24, 2.45) is 11.8 Å². The van der Waals surface area contributed by atoms with Crippen LogP contribution in [0.4, 0.5) is 0 Å². The van der Waals surface area contributed by atoms with Gasteiger partial charge in [0.15, 0.2) is 17.1 Å². The normalized spacial score (nSPS) is 27.2. The number of benzene rings is 1. The highest BCUT2D eigenvalue weighted by Crippen LogP contribution is 2.44. The van der Waals surface area contributed by atoms with Crippen molar-refractivity contribution in [3.05, 3.63) is 30.0 Å². The Morgan fingerprint density at radius 3 is 2.95 bits per heavy atom. The van der Waals surface area contributed by atoms with Gasteiger partial charge >= 0.3 is 0 Å². The van der Waals surface area contributed by atoms with Gasteiger partial charge in [0.05, 0.1) is 7.11 Å². The topological polar surface area (TPSA) is 51.5 Å². The summed E-state index contributed by atoms with van der Waals surface area (Å²) in [6, 6.07) is 7.78. The Hall–Kier alpha value is -1.97. The van der Waals surface area contributed by atoms with Crippen molar-refractivity contribution < 1.29 is 13.9 Å². The molecule has 0 radical (unpaired) electrons. The first-order valence-electron chi connectivity index (χ1n) is 7.62. The lowest BCUT2D eigenvalue weighted by Crippen LogP contribution is -2.38. The maximum Gasteiger partial charge on any atom is 0.287 e. The van der Waals surface area contributed by atoms with Gasteiger partial charge in [-0.25, -0.2) is 0 Å². The number of ether oxygens (including phenoxy) is 1. The third-order valence-electron chi connectivity index (χ3n) is 5.01. The van der Waals surface area contributed by atoms with Gasteiger partial charge in [0, 0.05) is 11.4 Å². The molecule has 21 heavy (non-hydrogen) atoms. The molecule has 0 spiro atoms. The van der Waals surface area contributed by atoms with E-state index in [4.69, 9.17) is 9.15 Å². The molecule has 3 atom stereocenters. The first kappa shape index (κ1) is 12.7. The standard InChI is InChI=1S/C17H19NO3/c1-20-14-4-2-3-12-9-15(21-16(12)14)17(19)18-13-8-10-5-6-11(13)7-10/h2-4,9-11,13H,5-8H2,1H3,(H,18,19)/t10-,11-,13-/m1/s1. The van der Waals surface area contributed by atoms with Gasteiger partial charge in [0.2, 0.25) is 0 Å². The first-order chi connectivity index (χ1) is 10.2. The summed E-state index contributed by atoms with van der Waals surface area (Å²) in [4.78, 5) is 12.4. The van der Waals surface area contributed by atoms with Gasteiger partial charge in [-0.2, -0.15) is 0 Å². The minimum absolute atomic E-state index is 0.106. The lowest BCUT2D eigenvalue weighted by Gasteiger charge is -2.22. The number of carbonyl (C=O) groups is 1. The fourth-order valence-corrected chi connectivity index (χ4v) is 3.97. The van der Waals surface area contributed by atoms with Crippen molar-refractivity contribution in [3.8, 4) is 5.75 Å². The second-order valence-electron chi connectivity index (χ2n) is 6.24. The predicted octanol–water partition coefficient (Wildman–Crippen LogP) is 3.36. The third kappa shape index (κ3) is 2.09. The number of furan rings is 1. The van der Waals surface area contributed by atoms with Crippen LogP contribution in [0, 0.1) is 11.8 Å². The Morgan fingerprint density at radius 2 is 2.24 bits per heavy atom. The summed E-state index contributed by atoms with van der Waals surface area (Å²) < 4.78 is 11.0. The molecule has 2 aliphatic rings. The molecule has 1 heterocycles. The van der Waals surface area contributed by atoms with Gasteiger partial charge in [-0.15, -0.1) is 0 Å². The zero-order valence-electron chi connectivity index (χ0n) is 12.1. The Kier molecular flexibility index (Phi) is 2.91. The summed E-state index contributed by atoms with van der Waals surface area (Å²) in [7, 11) is 1.60. The maximum absolute atomic E-state index is 12.4. The van der Waals surface area contributed by atoms with Gasteiger partial charge in [0.1, 0.15) is 0 Å². The molecule has 2 aromatic rings. The van der Waals surface area contributed by atoms with E-state index in [1.165, 1.54) is 19.3 Å². The molecule has 0 aliphatic heterocycles. The number of carbonyl (C=O) groups excluding carboxylic acids is 1. The highest BCUT2D eigenvalue weighted by atomic mass is 16.5. The molecular weight excluding hydrogens is 266 g/mol. The lowest BCUT2D eigenvalue weighted by molar-refractivity contribution is 0.0897. The molecule has 2 aliphatic carbocycles. The van der Waals surface area contributed by atoms with Crippen molar-refractivity contribution in [2.75, 3.05) is 7.11 Å². The van der Waals surface area contributed by atoms with Gasteiger partial charge in [0.25, 0.3) is 5.91 Å². The van der Waals surface area contributed by atoms with Gasteiger partial charge in [-0.05, 0) is 43.2 Å². The van der Waals surface area contributed by atoms with E-state index in [-0.39, 0.29) is 5.91 Å². The Balaban J connectivity index is 1.57. The minimum atomic E-state index is -0.106. The highest BCUT2D eigenvalue weighted by Gasteiger charge is 2.40. The maximum atomic E-state index is 12.4. The number of hydrogen-bond donors (Lipinski definition) is 1.